The first-order chi connectivity index (χ1) is 11.8. The van der Waals surface area contributed by atoms with E-state index in [1.54, 1.807) is 18.2 Å². The van der Waals surface area contributed by atoms with Crippen LogP contribution in [0.15, 0.2) is 62.4 Å². The van der Waals surface area contributed by atoms with Gasteiger partial charge in [-0.25, -0.2) is 13.1 Å². The molecule has 8 heteroatoms. The van der Waals surface area contributed by atoms with Gasteiger partial charge in [0.2, 0.25) is 15.9 Å². The Morgan fingerprint density at radius 1 is 1.04 bits per heavy atom. The van der Waals surface area contributed by atoms with Gasteiger partial charge in [0.25, 0.3) is 0 Å². The fourth-order valence-electron chi connectivity index (χ4n) is 2.26. The molecular formula is C17H18Br2N2O3S. The lowest BCUT2D eigenvalue weighted by atomic mass is 10.1. The molecule has 134 valence electrons. The summed E-state index contributed by atoms with van der Waals surface area (Å²) in [5.41, 5.74) is 0.963. The number of carbonyl (C=O) groups excluding carboxylic acids is 1. The number of hydrogen-bond donors (Lipinski definition) is 2. The quantitative estimate of drug-likeness (QED) is 0.621. The number of nitrogens with one attached hydrogen (secondary N) is 2. The standard InChI is InChI=1S/C17H18Br2N2O3S/c1-12(13-6-2-3-7-14(13)18)21-17(22)10-11-20-25(23,24)16-9-5-4-8-15(16)19/h2-9,12,20H,10-11H2,1H3,(H,21,22). The minimum absolute atomic E-state index is 0.0260. The summed E-state index contributed by atoms with van der Waals surface area (Å²) in [4.78, 5) is 12.2. The van der Waals surface area contributed by atoms with Crippen molar-refractivity contribution in [2.45, 2.75) is 24.3 Å². The van der Waals surface area contributed by atoms with E-state index in [9.17, 15) is 13.2 Å². The molecule has 0 bridgehead atoms. The van der Waals surface area contributed by atoms with Crippen molar-refractivity contribution in [2.75, 3.05) is 6.54 Å². The van der Waals surface area contributed by atoms with Gasteiger partial charge in [-0.05, 0) is 46.6 Å². The fraction of sp³-hybridized carbons (Fsp3) is 0.235. The van der Waals surface area contributed by atoms with Gasteiger partial charge in [0.1, 0.15) is 0 Å². The first kappa shape index (κ1) is 20.1. The molecule has 25 heavy (non-hydrogen) atoms. The van der Waals surface area contributed by atoms with Gasteiger partial charge < -0.3 is 5.32 Å². The van der Waals surface area contributed by atoms with Crippen LogP contribution in [0.1, 0.15) is 24.9 Å². The average molecular weight is 490 g/mol. The van der Waals surface area contributed by atoms with E-state index >= 15 is 0 Å². The lowest BCUT2D eigenvalue weighted by Gasteiger charge is -2.16. The molecule has 2 rings (SSSR count). The van der Waals surface area contributed by atoms with E-state index in [-0.39, 0.29) is 29.8 Å². The molecule has 2 aromatic carbocycles. The number of sulfonamides is 1. The molecule has 2 aromatic rings. The summed E-state index contributed by atoms with van der Waals surface area (Å²) in [6.07, 6.45) is 0.0540. The third-order valence-corrected chi connectivity index (χ3v) is 6.71. The number of carbonyl (C=O) groups is 1. The van der Waals surface area contributed by atoms with E-state index in [4.69, 9.17) is 0 Å². The molecule has 0 aliphatic rings. The maximum atomic E-state index is 12.2. The second-order valence-electron chi connectivity index (χ2n) is 5.39. The van der Waals surface area contributed by atoms with Gasteiger partial charge in [-0.3, -0.25) is 4.79 Å². The van der Waals surface area contributed by atoms with Crippen molar-refractivity contribution in [3.8, 4) is 0 Å². The summed E-state index contributed by atoms with van der Waals surface area (Å²) >= 11 is 6.67. The van der Waals surface area contributed by atoms with Gasteiger partial charge in [-0.15, -0.1) is 0 Å². The predicted molar refractivity (Wildman–Crippen MR) is 105 cm³/mol. The Morgan fingerprint density at radius 2 is 1.64 bits per heavy atom. The molecule has 1 unspecified atom stereocenters. The topological polar surface area (TPSA) is 75.3 Å². The first-order valence-corrected chi connectivity index (χ1v) is 10.7. The Labute approximate surface area is 164 Å². The van der Waals surface area contributed by atoms with Gasteiger partial charge >= 0.3 is 0 Å². The van der Waals surface area contributed by atoms with Crippen LogP contribution in [0.3, 0.4) is 0 Å². The SMILES string of the molecule is CC(NC(=O)CCNS(=O)(=O)c1ccccc1Br)c1ccccc1Br. The van der Waals surface area contributed by atoms with Crippen LogP contribution in [0.2, 0.25) is 0 Å². The van der Waals surface area contributed by atoms with Crippen molar-refractivity contribution in [3.05, 3.63) is 63.0 Å². The zero-order chi connectivity index (χ0) is 18.4. The van der Waals surface area contributed by atoms with Crippen molar-refractivity contribution < 1.29 is 13.2 Å². The van der Waals surface area contributed by atoms with Crippen LogP contribution in [0.4, 0.5) is 0 Å². The summed E-state index contributed by atoms with van der Waals surface area (Å²) in [5, 5.41) is 2.86. The third kappa shape index (κ3) is 5.64. The normalized spacial score (nSPS) is 12.6. The summed E-state index contributed by atoms with van der Waals surface area (Å²) in [6.45, 7) is 1.90. The maximum Gasteiger partial charge on any atom is 0.241 e. The molecule has 0 aliphatic carbocycles. The Hall–Kier alpha value is -1.22. The second-order valence-corrected chi connectivity index (χ2v) is 8.83. The molecule has 1 amide bonds. The molecule has 0 fully saturated rings. The van der Waals surface area contributed by atoms with Crippen LogP contribution in [-0.4, -0.2) is 20.9 Å². The van der Waals surface area contributed by atoms with E-state index in [1.165, 1.54) is 6.07 Å². The van der Waals surface area contributed by atoms with E-state index in [0.29, 0.717) is 4.47 Å². The highest BCUT2D eigenvalue weighted by atomic mass is 79.9. The Balaban J connectivity index is 1.88. The summed E-state index contributed by atoms with van der Waals surface area (Å²) in [6, 6.07) is 14.0. The zero-order valence-electron chi connectivity index (χ0n) is 13.5. The van der Waals surface area contributed by atoms with Crippen molar-refractivity contribution in [1.82, 2.24) is 10.0 Å². The highest BCUT2D eigenvalue weighted by molar-refractivity contribution is 9.10. The minimum Gasteiger partial charge on any atom is -0.350 e. The molecule has 2 N–H and O–H groups in total. The maximum absolute atomic E-state index is 12.2. The van der Waals surface area contributed by atoms with Crippen LogP contribution in [0, 0.1) is 0 Å². The van der Waals surface area contributed by atoms with Crippen LogP contribution in [0.5, 0.6) is 0 Å². The highest BCUT2D eigenvalue weighted by Crippen LogP contribution is 2.23. The van der Waals surface area contributed by atoms with E-state index in [0.717, 1.165) is 10.0 Å². The lowest BCUT2D eigenvalue weighted by Crippen LogP contribution is -2.32. The summed E-state index contributed by atoms with van der Waals surface area (Å²) in [7, 11) is -3.66. The Bertz CT molecular complexity index is 856. The Kier molecular flexibility index (Phi) is 7.18. The molecule has 0 saturated heterocycles. The monoisotopic (exact) mass is 488 g/mol. The van der Waals surface area contributed by atoms with Crippen molar-refractivity contribution in [1.29, 1.82) is 0 Å². The van der Waals surface area contributed by atoms with Crippen LogP contribution in [0.25, 0.3) is 0 Å². The van der Waals surface area contributed by atoms with E-state index < -0.39 is 10.0 Å². The third-order valence-electron chi connectivity index (χ3n) is 3.52. The summed E-state index contributed by atoms with van der Waals surface area (Å²) < 4.78 is 28.3. The van der Waals surface area contributed by atoms with Crippen molar-refractivity contribution in [3.63, 3.8) is 0 Å². The first-order valence-electron chi connectivity index (χ1n) is 7.59. The zero-order valence-corrected chi connectivity index (χ0v) is 17.5. The van der Waals surface area contributed by atoms with E-state index in [1.807, 2.05) is 31.2 Å². The van der Waals surface area contributed by atoms with Gasteiger partial charge in [0, 0.05) is 21.9 Å². The Morgan fingerprint density at radius 3 is 2.28 bits per heavy atom. The second kappa shape index (κ2) is 8.93. The number of amides is 1. The molecule has 0 aromatic heterocycles. The molecule has 0 heterocycles. The van der Waals surface area contributed by atoms with Gasteiger partial charge in [-0.1, -0.05) is 46.3 Å². The van der Waals surface area contributed by atoms with Crippen molar-refractivity contribution >= 4 is 47.8 Å². The largest absolute Gasteiger partial charge is 0.350 e. The molecule has 0 spiro atoms. The number of hydrogen-bond acceptors (Lipinski definition) is 3. The minimum atomic E-state index is -3.66. The molecule has 0 saturated carbocycles. The number of rotatable bonds is 7. The van der Waals surface area contributed by atoms with Gasteiger partial charge in [-0.2, -0.15) is 0 Å². The molecule has 0 radical (unpaired) electrons. The van der Waals surface area contributed by atoms with Crippen LogP contribution < -0.4 is 10.0 Å². The molecule has 5 nitrogen and oxygen atoms in total. The van der Waals surface area contributed by atoms with Crippen molar-refractivity contribution in [2.24, 2.45) is 0 Å². The molecule has 0 aliphatic heterocycles. The van der Waals surface area contributed by atoms with Gasteiger partial charge in [0.15, 0.2) is 0 Å². The number of halogens is 2. The smallest absolute Gasteiger partial charge is 0.241 e. The average Bonchev–Trinajstić information content (AvgIpc) is 2.55. The van der Waals surface area contributed by atoms with Crippen LogP contribution >= 0.6 is 31.9 Å². The molecular weight excluding hydrogens is 472 g/mol. The van der Waals surface area contributed by atoms with Crippen LogP contribution in [-0.2, 0) is 14.8 Å². The summed E-state index contributed by atoms with van der Waals surface area (Å²) in [5.74, 6) is -0.224. The lowest BCUT2D eigenvalue weighted by molar-refractivity contribution is -0.121. The van der Waals surface area contributed by atoms with E-state index in [2.05, 4.69) is 41.9 Å². The number of benzene rings is 2. The highest BCUT2D eigenvalue weighted by Gasteiger charge is 2.17. The molecule has 1 atom stereocenters. The fourth-order valence-corrected chi connectivity index (χ4v) is 4.92. The predicted octanol–water partition coefficient (Wildman–Crippen LogP) is 3.76. The van der Waals surface area contributed by atoms with Gasteiger partial charge in [0.05, 0.1) is 10.9 Å².